The van der Waals surface area contributed by atoms with Gasteiger partial charge in [-0.2, -0.15) is 0 Å². The fourth-order valence-electron chi connectivity index (χ4n) is 1.44. The SMILES string of the molecule is C=CC1(OCCCCC)CC(=O)OC1=O. The lowest BCUT2D eigenvalue weighted by molar-refractivity contribution is -0.159. The van der Waals surface area contributed by atoms with Crippen molar-refractivity contribution in [3.05, 3.63) is 12.7 Å². The van der Waals surface area contributed by atoms with Crippen LogP contribution in [0.2, 0.25) is 0 Å². The average Bonchev–Trinajstić information content (AvgIpc) is 2.49. The van der Waals surface area contributed by atoms with Crippen molar-refractivity contribution in [2.24, 2.45) is 0 Å². The number of cyclic esters (lactones) is 2. The molecule has 0 aromatic carbocycles. The number of hydrogen-bond acceptors (Lipinski definition) is 4. The second-order valence-electron chi connectivity index (χ2n) is 3.59. The van der Waals surface area contributed by atoms with E-state index in [9.17, 15) is 9.59 Å². The van der Waals surface area contributed by atoms with E-state index in [-0.39, 0.29) is 6.42 Å². The summed E-state index contributed by atoms with van der Waals surface area (Å²) in [6, 6.07) is 0. The average molecular weight is 212 g/mol. The van der Waals surface area contributed by atoms with Crippen LogP contribution >= 0.6 is 0 Å². The first kappa shape index (κ1) is 11.9. The van der Waals surface area contributed by atoms with Gasteiger partial charge < -0.3 is 9.47 Å². The van der Waals surface area contributed by atoms with E-state index in [0.717, 1.165) is 19.3 Å². The Morgan fingerprint density at radius 3 is 2.73 bits per heavy atom. The van der Waals surface area contributed by atoms with Gasteiger partial charge in [-0.15, -0.1) is 0 Å². The summed E-state index contributed by atoms with van der Waals surface area (Å²) in [6.45, 7) is 6.05. The standard InChI is InChI=1S/C11H16O4/c1-3-5-6-7-14-11(4-2)8-9(12)15-10(11)13/h4H,2-3,5-8H2,1H3. The van der Waals surface area contributed by atoms with E-state index in [2.05, 4.69) is 18.2 Å². The van der Waals surface area contributed by atoms with Crippen molar-refractivity contribution in [1.29, 1.82) is 0 Å². The van der Waals surface area contributed by atoms with Crippen LogP contribution in [0.3, 0.4) is 0 Å². The highest BCUT2D eigenvalue weighted by atomic mass is 16.6. The lowest BCUT2D eigenvalue weighted by Crippen LogP contribution is -2.35. The molecular weight excluding hydrogens is 196 g/mol. The second kappa shape index (κ2) is 5.07. The van der Waals surface area contributed by atoms with Crippen LogP contribution in [0.15, 0.2) is 12.7 Å². The van der Waals surface area contributed by atoms with Crippen LogP contribution in [0.4, 0.5) is 0 Å². The van der Waals surface area contributed by atoms with Crippen LogP contribution in [0.5, 0.6) is 0 Å². The summed E-state index contributed by atoms with van der Waals surface area (Å²) in [5, 5.41) is 0. The summed E-state index contributed by atoms with van der Waals surface area (Å²) < 4.78 is 9.86. The Morgan fingerprint density at radius 2 is 2.27 bits per heavy atom. The molecule has 1 fully saturated rings. The van der Waals surface area contributed by atoms with E-state index in [1.807, 2.05) is 0 Å². The van der Waals surface area contributed by atoms with E-state index in [1.54, 1.807) is 0 Å². The van der Waals surface area contributed by atoms with E-state index in [4.69, 9.17) is 4.74 Å². The number of rotatable bonds is 6. The Kier molecular flexibility index (Phi) is 4.03. The van der Waals surface area contributed by atoms with Gasteiger partial charge in [0.05, 0.1) is 6.42 Å². The van der Waals surface area contributed by atoms with Crippen molar-refractivity contribution in [2.45, 2.75) is 38.2 Å². The lowest BCUT2D eigenvalue weighted by atomic mass is 10.0. The maximum absolute atomic E-state index is 11.4. The third kappa shape index (κ3) is 2.65. The van der Waals surface area contributed by atoms with Gasteiger partial charge in [-0.1, -0.05) is 26.3 Å². The topological polar surface area (TPSA) is 52.6 Å². The van der Waals surface area contributed by atoms with Gasteiger partial charge in [-0.3, -0.25) is 4.79 Å². The summed E-state index contributed by atoms with van der Waals surface area (Å²) >= 11 is 0. The first-order valence-electron chi connectivity index (χ1n) is 5.17. The molecule has 15 heavy (non-hydrogen) atoms. The maximum atomic E-state index is 11.4. The molecule has 1 heterocycles. The summed E-state index contributed by atoms with van der Waals surface area (Å²) in [5.41, 5.74) is -1.23. The molecule has 4 nitrogen and oxygen atoms in total. The minimum Gasteiger partial charge on any atom is -0.391 e. The van der Waals surface area contributed by atoms with Gasteiger partial charge in [0.25, 0.3) is 0 Å². The largest absolute Gasteiger partial charge is 0.391 e. The van der Waals surface area contributed by atoms with E-state index in [1.165, 1.54) is 6.08 Å². The predicted molar refractivity (Wildman–Crippen MR) is 54.1 cm³/mol. The van der Waals surface area contributed by atoms with Gasteiger partial charge in [0.2, 0.25) is 0 Å². The third-order valence-electron chi connectivity index (χ3n) is 2.40. The Labute approximate surface area is 89.2 Å². The number of hydrogen-bond donors (Lipinski definition) is 0. The Morgan fingerprint density at radius 1 is 1.53 bits per heavy atom. The van der Waals surface area contributed by atoms with E-state index < -0.39 is 17.5 Å². The zero-order chi connectivity index (χ0) is 11.3. The van der Waals surface area contributed by atoms with Crippen molar-refractivity contribution >= 4 is 11.9 Å². The third-order valence-corrected chi connectivity index (χ3v) is 2.40. The van der Waals surface area contributed by atoms with Crippen molar-refractivity contribution in [1.82, 2.24) is 0 Å². The summed E-state index contributed by atoms with van der Waals surface area (Å²) in [4.78, 5) is 22.3. The molecule has 1 unspecified atom stereocenters. The van der Waals surface area contributed by atoms with Crippen molar-refractivity contribution < 1.29 is 19.1 Å². The van der Waals surface area contributed by atoms with Crippen molar-refractivity contribution in [2.75, 3.05) is 6.61 Å². The highest BCUT2D eigenvalue weighted by Gasteiger charge is 2.48. The van der Waals surface area contributed by atoms with Crippen LogP contribution in [0, 0.1) is 0 Å². The first-order valence-corrected chi connectivity index (χ1v) is 5.17. The molecule has 84 valence electrons. The van der Waals surface area contributed by atoms with Crippen LogP contribution in [0.1, 0.15) is 32.6 Å². The molecule has 0 N–H and O–H groups in total. The monoisotopic (exact) mass is 212 g/mol. The zero-order valence-electron chi connectivity index (χ0n) is 8.95. The molecule has 0 saturated carbocycles. The quantitative estimate of drug-likeness (QED) is 0.290. The minimum absolute atomic E-state index is 0.0541. The lowest BCUT2D eigenvalue weighted by Gasteiger charge is -2.19. The molecule has 0 aromatic heterocycles. The molecule has 0 bridgehead atoms. The number of ether oxygens (including phenoxy) is 2. The molecule has 0 radical (unpaired) electrons. The maximum Gasteiger partial charge on any atom is 0.350 e. The molecular formula is C11H16O4. The Bertz CT molecular complexity index is 272. The molecule has 0 spiro atoms. The predicted octanol–water partition coefficient (Wildman–Crippen LogP) is 1.59. The van der Waals surface area contributed by atoms with Crippen LogP contribution in [-0.2, 0) is 19.1 Å². The van der Waals surface area contributed by atoms with Gasteiger partial charge in [-0.25, -0.2) is 4.79 Å². The fraction of sp³-hybridized carbons (Fsp3) is 0.636. The number of carbonyl (C=O) groups is 2. The molecule has 0 aliphatic carbocycles. The van der Waals surface area contributed by atoms with Crippen molar-refractivity contribution in [3.63, 3.8) is 0 Å². The molecule has 0 amide bonds. The van der Waals surface area contributed by atoms with Crippen molar-refractivity contribution in [3.8, 4) is 0 Å². The summed E-state index contributed by atoms with van der Waals surface area (Å²) in [5.74, 6) is -1.19. The van der Waals surface area contributed by atoms with Crippen LogP contribution in [-0.4, -0.2) is 24.1 Å². The molecule has 1 rings (SSSR count). The number of carbonyl (C=O) groups excluding carboxylic acids is 2. The van der Waals surface area contributed by atoms with Gasteiger partial charge in [0.15, 0.2) is 5.60 Å². The number of esters is 2. The highest BCUT2D eigenvalue weighted by molar-refractivity contribution is 6.00. The fourth-order valence-corrected chi connectivity index (χ4v) is 1.44. The van der Waals surface area contributed by atoms with Crippen LogP contribution < -0.4 is 0 Å². The summed E-state index contributed by atoms with van der Waals surface area (Å²) in [7, 11) is 0. The van der Waals surface area contributed by atoms with Gasteiger partial charge in [0, 0.05) is 6.61 Å². The Balaban J connectivity index is 2.50. The van der Waals surface area contributed by atoms with E-state index >= 15 is 0 Å². The zero-order valence-corrected chi connectivity index (χ0v) is 8.95. The smallest absolute Gasteiger partial charge is 0.350 e. The second-order valence-corrected chi connectivity index (χ2v) is 3.59. The first-order chi connectivity index (χ1) is 7.14. The van der Waals surface area contributed by atoms with Gasteiger partial charge in [-0.05, 0) is 12.5 Å². The molecule has 1 atom stereocenters. The normalized spacial score (nSPS) is 25.4. The molecule has 1 aliphatic rings. The molecule has 1 saturated heterocycles. The highest BCUT2D eigenvalue weighted by Crippen LogP contribution is 2.27. The summed E-state index contributed by atoms with van der Waals surface area (Å²) in [6.07, 6.45) is 4.28. The minimum atomic E-state index is -1.23. The molecule has 1 aliphatic heterocycles. The Hall–Kier alpha value is -1.16. The molecule has 0 aromatic rings. The van der Waals surface area contributed by atoms with Gasteiger partial charge >= 0.3 is 11.9 Å². The van der Waals surface area contributed by atoms with E-state index in [0.29, 0.717) is 6.61 Å². The van der Waals surface area contributed by atoms with Gasteiger partial charge in [0.1, 0.15) is 0 Å². The van der Waals surface area contributed by atoms with Crippen LogP contribution in [0.25, 0.3) is 0 Å². The molecule has 4 heteroatoms. The number of unbranched alkanes of at least 4 members (excludes halogenated alkanes) is 2.